The number of carbonyl (C=O) groups is 1. The minimum Gasteiger partial charge on any atom is -0.491 e. The maximum atomic E-state index is 14.5. The van der Waals surface area contributed by atoms with Crippen LogP contribution in [0.15, 0.2) is 54.4 Å². The second-order valence-corrected chi connectivity index (χ2v) is 6.08. The molecule has 2 rings (SSSR count). The summed E-state index contributed by atoms with van der Waals surface area (Å²) in [5, 5.41) is 9.97. The van der Waals surface area contributed by atoms with Crippen molar-refractivity contribution >= 4 is 23.0 Å². The van der Waals surface area contributed by atoms with E-state index in [0.29, 0.717) is 22.6 Å². The molecule has 0 heterocycles. The number of halogens is 1. The van der Waals surface area contributed by atoms with Crippen molar-refractivity contribution in [3.8, 4) is 5.75 Å². The lowest BCUT2D eigenvalue weighted by molar-refractivity contribution is -0.114. The van der Waals surface area contributed by atoms with Crippen LogP contribution in [0.5, 0.6) is 5.75 Å². The van der Waals surface area contributed by atoms with Gasteiger partial charge in [-0.2, -0.15) is 0 Å². The third-order valence-electron chi connectivity index (χ3n) is 3.62. The van der Waals surface area contributed by atoms with Crippen molar-refractivity contribution in [3.05, 3.63) is 65.5 Å². The van der Waals surface area contributed by atoms with Gasteiger partial charge in [0.25, 0.3) is 5.91 Å². The first-order valence-corrected chi connectivity index (χ1v) is 8.17. The Hall–Kier alpha value is -3.15. The molecule has 0 aliphatic heterocycles. The number of amidine groups is 1. The number of amides is 1. The number of carbonyl (C=O) groups excluding carboxylic acids is 1. The standard InChI is InChI=1S/C20H22FN3O2/c1-12(2)26-17-9-7-16(8-10-17)24-20(25)18(21)13(3)14-5-4-6-15(11-14)19(22)23/h4-12H,1-3H3,(H3,22,23)(H,24,25)/b18-13+. The summed E-state index contributed by atoms with van der Waals surface area (Å²) in [6.45, 7) is 5.34. The Bertz CT molecular complexity index is 842. The van der Waals surface area contributed by atoms with Gasteiger partial charge in [-0.25, -0.2) is 4.39 Å². The van der Waals surface area contributed by atoms with Crippen LogP contribution in [0.4, 0.5) is 10.1 Å². The van der Waals surface area contributed by atoms with Gasteiger partial charge in [-0.15, -0.1) is 0 Å². The van der Waals surface area contributed by atoms with E-state index in [1.807, 2.05) is 13.8 Å². The van der Waals surface area contributed by atoms with E-state index >= 15 is 0 Å². The van der Waals surface area contributed by atoms with Crippen LogP contribution in [0.2, 0.25) is 0 Å². The fraction of sp³-hybridized carbons (Fsp3) is 0.200. The van der Waals surface area contributed by atoms with E-state index in [9.17, 15) is 9.18 Å². The summed E-state index contributed by atoms with van der Waals surface area (Å²) in [5.74, 6) is -1.18. The van der Waals surface area contributed by atoms with Gasteiger partial charge in [-0.3, -0.25) is 10.2 Å². The lowest BCUT2D eigenvalue weighted by atomic mass is 10.0. The Labute approximate surface area is 152 Å². The summed E-state index contributed by atoms with van der Waals surface area (Å²) in [6, 6.07) is 13.3. The van der Waals surface area contributed by atoms with Crippen LogP contribution in [-0.4, -0.2) is 17.8 Å². The molecule has 0 bridgehead atoms. The quantitative estimate of drug-likeness (QED) is 0.414. The van der Waals surface area contributed by atoms with Gasteiger partial charge in [-0.1, -0.05) is 18.2 Å². The van der Waals surface area contributed by atoms with E-state index in [1.165, 1.54) is 6.92 Å². The van der Waals surface area contributed by atoms with Crippen molar-refractivity contribution in [2.24, 2.45) is 5.73 Å². The third-order valence-corrected chi connectivity index (χ3v) is 3.62. The van der Waals surface area contributed by atoms with E-state index < -0.39 is 11.7 Å². The molecule has 1 amide bonds. The molecule has 0 saturated heterocycles. The predicted octanol–water partition coefficient (Wildman–Crippen LogP) is 4.10. The molecule has 0 spiro atoms. The number of anilines is 1. The summed E-state index contributed by atoms with van der Waals surface area (Å²) >= 11 is 0. The summed E-state index contributed by atoms with van der Waals surface area (Å²) in [6.07, 6.45) is 0.0456. The molecule has 0 radical (unpaired) electrons. The monoisotopic (exact) mass is 355 g/mol. The maximum absolute atomic E-state index is 14.5. The van der Waals surface area contributed by atoms with Crippen LogP contribution in [0.3, 0.4) is 0 Å². The predicted molar refractivity (Wildman–Crippen MR) is 102 cm³/mol. The zero-order valence-corrected chi connectivity index (χ0v) is 15.0. The van der Waals surface area contributed by atoms with E-state index in [-0.39, 0.29) is 17.5 Å². The highest BCUT2D eigenvalue weighted by molar-refractivity contribution is 6.07. The molecule has 4 N–H and O–H groups in total. The van der Waals surface area contributed by atoms with Crippen molar-refractivity contribution in [2.45, 2.75) is 26.9 Å². The van der Waals surface area contributed by atoms with Gasteiger partial charge in [-0.05, 0) is 62.2 Å². The molecule has 0 unspecified atom stereocenters. The Morgan fingerprint density at radius 1 is 1.15 bits per heavy atom. The first-order valence-electron chi connectivity index (χ1n) is 8.17. The fourth-order valence-corrected chi connectivity index (χ4v) is 2.29. The molecule has 0 atom stereocenters. The summed E-state index contributed by atoms with van der Waals surface area (Å²) in [4.78, 5) is 12.2. The van der Waals surface area contributed by atoms with Gasteiger partial charge in [0.2, 0.25) is 0 Å². The first-order chi connectivity index (χ1) is 12.3. The molecule has 5 nitrogen and oxygen atoms in total. The minimum atomic E-state index is -0.895. The van der Waals surface area contributed by atoms with Gasteiger partial charge >= 0.3 is 0 Å². The zero-order valence-electron chi connectivity index (χ0n) is 15.0. The van der Waals surface area contributed by atoms with Crippen LogP contribution < -0.4 is 15.8 Å². The fourth-order valence-electron chi connectivity index (χ4n) is 2.29. The van der Waals surface area contributed by atoms with Crippen molar-refractivity contribution < 1.29 is 13.9 Å². The van der Waals surface area contributed by atoms with Gasteiger partial charge in [0.15, 0.2) is 5.83 Å². The highest BCUT2D eigenvalue weighted by Crippen LogP contribution is 2.22. The van der Waals surface area contributed by atoms with Gasteiger partial charge in [0.05, 0.1) is 6.10 Å². The Morgan fingerprint density at radius 2 is 1.77 bits per heavy atom. The maximum Gasteiger partial charge on any atom is 0.284 e. The van der Waals surface area contributed by atoms with Crippen LogP contribution in [0.1, 0.15) is 31.9 Å². The molecule has 26 heavy (non-hydrogen) atoms. The number of hydrogen-bond acceptors (Lipinski definition) is 3. The summed E-state index contributed by atoms with van der Waals surface area (Å²) in [5.41, 5.74) is 7.04. The van der Waals surface area contributed by atoms with Gasteiger partial charge in [0, 0.05) is 11.3 Å². The molecule has 0 aromatic heterocycles. The second kappa shape index (κ2) is 8.29. The minimum absolute atomic E-state index is 0.0456. The lowest BCUT2D eigenvalue weighted by Crippen LogP contribution is -2.14. The van der Waals surface area contributed by atoms with E-state index in [4.69, 9.17) is 15.9 Å². The number of nitrogens with two attached hydrogens (primary N) is 1. The number of nitrogen functional groups attached to an aromatic ring is 1. The number of benzene rings is 2. The molecular formula is C20H22FN3O2. The van der Waals surface area contributed by atoms with Gasteiger partial charge in [0.1, 0.15) is 11.6 Å². The molecule has 2 aromatic rings. The highest BCUT2D eigenvalue weighted by Gasteiger charge is 2.15. The third kappa shape index (κ3) is 4.92. The molecular weight excluding hydrogens is 333 g/mol. The average Bonchev–Trinajstić information content (AvgIpc) is 2.61. The Balaban J connectivity index is 2.16. The molecule has 0 aliphatic rings. The second-order valence-electron chi connectivity index (χ2n) is 6.08. The largest absolute Gasteiger partial charge is 0.491 e. The lowest BCUT2D eigenvalue weighted by Gasteiger charge is -2.11. The Morgan fingerprint density at radius 3 is 2.35 bits per heavy atom. The molecule has 0 saturated carbocycles. The molecule has 2 aromatic carbocycles. The SMILES string of the molecule is C/C(=C(\F)C(=O)Nc1ccc(OC(C)C)cc1)c1cccc(C(=N)N)c1. The molecule has 6 heteroatoms. The van der Waals surface area contributed by atoms with Crippen LogP contribution in [-0.2, 0) is 4.79 Å². The van der Waals surface area contributed by atoms with Crippen molar-refractivity contribution in [2.75, 3.05) is 5.32 Å². The zero-order chi connectivity index (χ0) is 19.3. The van der Waals surface area contributed by atoms with Crippen molar-refractivity contribution in [1.29, 1.82) is 5.41 Å². The number of rotatable bonds is 6. The van der Waals surface area contributed by atoms with Crippen LogP contribution >= 0.6 is 0 Å². The molecule has 0 fully saturated rings. The number of ether oxygens (including phenoxy) is 1. The number of nitrogens with one attached hydrogen (secondary N) is 2. The topological polar surface area (TPSA) is 88.2 Å². The highest BCUT2D eigenvalue weighted by atomic mass is 19.1. The van der Waals surface area contributed by atoms with Crippen molar-refractivity contribution in [1.82, 2.24) is 0 Å². The normalized spacial score (nSPS) is 11.7. The number of hydrogen-bond donors (Lipinski definition) is 3. The number of allylic oxidation sites excluding steroid dienone is 1. The van der Waals surface area contributed by atoms with E-state index in [1.54, 1.807) is 48.5 Å². The van der Waals surface area contributed by atoms with Crippen LogP contribution in [0, 0.1) is 5.41 Å². The average molecular weight is 355 g/mol. The summed E-state index contributed by atoms with van der Waals surface area (Å²) < 4.78 is 20.0. The first kappa shape index (κ1) is 19.2. The van der Waals surface area contributed by atoms with E-state index in [2.05, 4.69) is 5.32 Å². The molecule has 0 aliphatic carbocycles. The smallest absolute Gasteiger partial charge is 0.284 e. The molecule has 136 valence electrons. The van der Waals surface area contributed by atoms with Crippen LogP contribution in [0.25, 0.3) is 5.57 Å². The van der Waals surface area contributed by atoms with E-state index in [0.717, 1.165) is 0 Å². The van der Waals surface area contributed by atoms with Gasteiger partial charge < -0.3 is 15.8 Å². The van der Waals surface area contributed by atoms with Crippen molar-refractivity contribution in [3.63, 3.8) is 0 Å². The Kier molecular flexibility index (Phi) is 6.11. The summed E-state index contributed by atoms with van der Waals surface area (Å²) in [7, 11) is 0.